The van der Waals surface area contributed by atoms with Gasteiger partial charge in [-0.05, 0) is 18.6 Å². The molecule has 112 valence electrons. The number of carbonyl (C=O) groups is 2. The highest BCUT2D eigenvalue weighted by Gasteiger charge is 2.41. The minimum absolute atomic E-state index is 0.0380. The summed E-state index contributed by atoms with van der Waals surface area (Å²) in [5.74, 6) is -0.391. The van der Waals surface area contributed by atoms with Crippen molar-refractivity contribution in [3.05, 3.63) is 30.3 Å². The molecule has 0 aromatic heterocycles. The lowest BCUT2D eigenvalue weighted by atomic mass is 10.2. The summed E-state index contributed by atoms with van der Waals surface area (Å²) in [6.45, 7) is 0. The Balaban J connectivity index is 1.72. The molecule has 1 aromatic carbocycles. The molecule has 7 heteroatoms. The Labute approximate surface area is 123 Å². The van der Waals surface area contributed by atoms with Gasteiger partial charge in [-0.3, -0.25) is 9.59 Å². The van der Waals surface area contributed by atoms with Crippen molar-refractivity contribution in [1.82, 2.24) is 5.32 Å². The van der Waals surface area contributed by atoms with Crippen molar-refractivity contribution in [2.45, 2.75) is 24.9 Å². The molecule has 0 unspecified atom stereocenters. The topological polar surface area (TPSA) is 83.5 Å². The van der Waals surface area contributed by atoms with E-state index in [1.165, 1.54) is 4.90 Å². The third kappa shape index (κ3) is 2.84. The first kappa shape index (κ1) is 14.2. The Morgan fingerprint density at radius 2 is 1.86 bits per heavy atom. The van der Waals surface area contributed by atoms with E-state index in [-0.39, 0.29) is 35.8 Å². The zero-order chi connectivity index (χ0) is 15.0. The Morgan fingerprint density at radius 1 is 1.14 bits per heavy atom. The van der Waals surface area contributed by atoms with E-state index >= 15 is 0 Å². The number of anilines is 1. The number of amides is 2. The van der Waals surface area contributed by atoms with Crippen LogP contribution in [0.15, 0.2) is 30.3 Å². The van der Waals surface area contributed by atoms with Gasteiger partial charge in [0.05, 0.1) is 29.7 Å². The summed E-state index contributed by atoms with van der Waals surface area (Å²) in [5.41, 5.74) is 0.552. The van der Waals surface area contributed by atoms with Crippen molar-refractivity contribution in [2.75, 3.05) is 16.4 Å². The van der Waals surface area contributed by atoms with Crippen LogP contribution in [-0.2, 0) is 19.4 Å². The number of benzene rings is 1. The second kappa shape index (κ2) is 5.23. The molecule has 2 atom stereocenters. The average Bonchev–Trinajstić information content (AvgIpc) is 2.91. The highest BCUT2D eigenvalue weighted by Crippen LogP contribution is 2.23. The largest absolute Gasteiger partial charge is 0.302 e. The molecule has 1 aromatic rings. The molecule has 2 amide bonds. The Bertz CT molecular complexity index is 671. The summed E-state index contributed by atoms with van der Waals surface area (Å²) >= 11 is 0. The quantitative estimate of drug-likeness (QED) is 0.801. The van der Waals surface area contributed by atoms with Crippen LogP contribution in [0, 0.1) is 0 Å². The number of sulfone groups is 1. The molecule has 0 saturated carbocycles. The number of para-hydroxylation sites is 1. The van der Waals surface area contributed by atoms with E-state index in [4.69, 9.17) is 0 Å². The van der Waals surface area contributed by atoms with Gasteiger partial charge in [-0.15, -0.1) is 0 Å². The van der Waals surface area contributed by atoms with Gasteiger partial charge in [0.2, 0.25) is 5.91 Å². The molecule has 21 heavy (non-hydrogen) atoms. The molecule has 1 N–H and O–H groups in total. The van der Waals surface area contributed by atoms with E-state index in [1.807, 2.05) is 6.07 Å². The van der Waals surface area contributed by atoms with Crippen LogP contribution in [0.3, 0.4) is 0 Å². The maximum atomic E-state index is 12.4. The van der Waals surface area contributed by atoms with Crippen LogP contribution in [0.5, 0.6) is 0 Å². The van der Waals surface area contributed by atoms with Crippen molar-refractivity contribution < 1.29 is 18.0 Å². The van der Waals surface area contributed by atoms with E-state index in [0.29, 0.717) is 12.1 Å². The number of imide groups is 1. The van der Waals surface area contributed by atoms with Crippen LogP contribution in [0.4, 0.5) is 5.69 Å². The lowest BCUT2D eigenvalue weighted by Crippen LogP contribution is -2.44. The second-order valence-electron chi connectivity index (χ2n) is 5.43. The van der Waals surface area contributed by atoms with Crippen molar-refractivity contribution in [2.24, 2.45) is 0 Å². The summed E-state index contributed by atoms with van der Waals surface area (Å²) in [6.07, 6.45) is 0.565. The van der Waals surface area contributed by atoms with Crippen LogP contribution in [-0.4, -0.2) is 43.8 Å². The fraction of sp³-hybridized carbons (Fsp3) is 0.429. The number of nitrogens with zero attached hydrogens (tertiary/aromatic N) is 1. The molecule has 0 spiro atoms. The van der Waals surface area contributed by atoms with Crippen LogP contribution in [0.2, 0.25) is 0 Å². The standard InChI is InChI=1S/C14H16N2O4S/c17-13-8-12(15-10-6-7-21(19,20)9-10)14(18)16(13)11-4-2-1-3-5-11/h1-5,10,12,15H,6-9H2/t10-,12+/m0/s1. The van der Waals surface area contributed by atoms with Crippen molar-refractivity contribution in [3.8, 4) is 0 Å². The Morgan fingerprint density at radius 3 is 2.48 bits per heavy atom. The Kier molecular flexibility index (Phi) is 3.54. The van der Waals surface area contributed by atoms with E-state index < -0.39 is 15.9 Å². The molecule has 0 aliphatic carbocycles. The maximum absolute atomic E-state index is 12.4. The zero-order valence-corrected chi connectivity index (χ0v) is 12.2. The van der Waals surface area contributed by atoms with Gasteiger partial charge in [0, 0.05) is 6.04 Å². The summed E-state index contributed by atoms with van der Waals surface area (Å²) in [5, 5.41) is 3.02. The smallest absolute Gasteiger partial charge is 0.251 e. The molecule has 2 aliphatic rings. The third-order valence-corrected chi connectivity index (χ3v) is 5.60. The SMILES string of the molecule is O=C1C[C@@H](N[C@H]2CCS(=O)(=O)C2)C(=O)N1c1ccccc1. The number of carbonyl (C=O) groups excluding carboxylic acids is 2. The number of rotatable bonds is 3. The first-order valence-electron chi connectivity index (χ1n) is 6.84. The lowest BCUT2D eigenvalue weighted by molar-refractivity contribution is -0.121. The van der Waals surface area contributed by atoms with E-state index in [1.54, 1.807) is 24.3 Å². The fourth-order valence-electron chi connectivity index (χ4n) is 2.82. The van der Waals surface area contributed by atoms with E-state index in [9.17, 15) is 18.0 Å². The summed E-state index contributed by atoms with van der Waals surface area (Å²) in [7, 11) is -3.01. The van der Waals surface area contributed by atoms with Gasteiger partial charge >= 0.3 is 0 Å². The fourth-order valence-corrected chi connectivity index (χ4v) is 4.51. The van der Waals surface area contributed by atoms with Crippen LogP contribution < -0.4 is 10.2 Å². The first-order valence-corrected chi connectivity index (χ1v) is 8.67. The average molecular weight is 308 g/mol. The second-order valence-corrected chi connectivity index (χ2v) is 7.65. The highest BCUT2D eigenvalue weighted by molar-refractivity contribution is 7.91. The van der Waals surface area contributed by atoms with E-state index in [2.05, 4.69) is 5.32 Å². The molecule has 2 aliphatic heterocycles. The van der Waals surface area contributed by atoms with Crippen molar-refractivity contribution in [3.63, 3.8) is 0 Å². The van der Waals surface area contributed by atoms with Crippen LogP contribution >= 0.6 is 0 Å². The molecule has 3 rings (SSSR count). The predicted octanol–water partition coefficient (Wildman–Crippen LogP) is 0.0952. The molecular formula is C14H16N2O4S. The highest BCUT2D eigenvalue weighted by atomic mass is 32.2. The minimum atomic E-state index is -3.01. The van der Waals surface area contributed by atoms with Gasteiger partial charge in [-0.1, -0.05) is 18.2 Å². The van der Waals surface area contributed by atoms with Crippen molar-refractivity contribution >= 4 is 27.3 Å². The molecule has 6 nitrogen and oxygen atoms in total. The van der Waals surface area contributed by atoms with Crippen LogP contribution in [0.25, 0.3) is 0 Å². The number of hydrogen-bond acceptors (Lipinski definition) is 5. The molecule has 2 fully saturated rings. The zero-order valence-electron chi connectivity index (χ0n) is 11.4. The van der Waals surface area contributed by atoms with Gasteiger partial charge < -0.3 is 5.32 Å². The Hall–Kier alpha value is -1.73. The predicted molar refractivity (Wildman–Crippen MR) is 77.5 cm³/mol. The number of hydrogen-bond donors (Lipinski definition) is 1. The normalized spacial score (nSPS) is 28.3. The van der Waals surface area contributed by atoms with Gasteiger partial charge in [0.1, 0.15) is 0 Å². The molecule has 0 bridgehead atoms. The van der Waals surface area contributed by atoms with Gasteiger partial charge in [0.25, 0.3) is 5.91 Å². The minimum Gasteiger partial charge on any atom is -0.302 e. The maximum Gasteiger partial charge on any atom is 0.251 e. The molecular weight excluding hydrogens is 292 g/mol. The molecule has 0 radical (unpaired) electrons. The summed E-state index contributed by atoms with van der Waals surface area (Å²) < 4.78 is 22.9. The van der Waals surface area contributed by atoms with Crippen molar-refractivity contribution in [1.29, 1.82) is 0 Å². The van der Waals surface area contributed by atoms with Crippen LogP contribution in [0.1, 0.15) is 12.8 Å². The lowest BCUT2D eigenvalue weighted by Gasteiger charge is -2.17. The molecule has 2 heterocycles. The molecule has 2 saturated heterocycles. The third-order valence-electron chi connectivity index (χ3n) is 3.83. The van der Waals surface area contributed by atoms with Gasteiger partial charge in [-0.2, -0.15) is 0 Å². The van der Waals surface area contributed by atoms with Gasteiger partial charge in [-0.25, -0.2) is 13.3 Å². The first-order chi connectivity index (χ1) is 9.96. The van der Waals surface area contributed by atoms with Gasteiger partial charge in [0.15, 0.2) is 9.84 Å². The number of nitrogens with one attached hydrogen (secondary N) is 1. The summed E-state index contributed by atoms with van der Waals surface area (Å²) in [6, 6.07) is 7.88. The summed E-state index contributed by atoms with van der Waals surface area (Å²) in [4.78, 5) is 25.6. The van der Waals surface area contributed by atoms with E-state index in [0.717, 1.165) is 0 Å². The monoisotopic (exact) mass is 308 g/mol.